The number of rotatable bonds is 2. The predicted molar refractivity (Wildman–Crippen MR) is 63.1 cm³/mol. The summed E-state index contributed by atoms with van der Waals surface area (Å²) in [6.45, 7) is 1.81. The number of aryl methyl sites for hydroxylation is 1. The highest BCUT2D eigenvalue weighted by atomic mass is 35.5. The lowest BCUT2D eigenvalue weighted by molar-refractivity contribution is 0.416. The number of benzene rings is 1. The normalized spacial score (nSPS) is 10.4. The molecule has 84 valence electrons. The molecule has 0 saturated heterocycles. The van der Waals surface area contributed by atoms with Gasteiger partial charge in [0.25, 0.3) is 0 Å². The molecular weight excluding hydrogens is 228 g/mol. The number of aromatic amines is 2. The molecule has 0 aliphatic heterocycles. The van der Waals surface area contributed by atoms with Gasteiger partial charge in [-0.05, 0) is 25.1 Å². The average Bonchev–Trinajstić information content (AvgIpc) is 2.57. The van der Waals surface area contributed by atoms with Gasteiger partial charge in [0.1, 0.15) is 5.75 Å². The average molecular weight is 239 g/mol. The third-order valence-electron chi connectivity index (χ3n) is 2.35. The fourth-order valence-electron chi connectivity index (χ4n) is 1.62. The molecule has 5 heteroatoms. The van der Waals surface area contributed by atoms with Crippen molar-refractivity contribution in [3.05, 3.63) is 39.4 Å². The molecule has 0 spiro atoms. The first kappa shape index (κ1) is 10.8. The topological polar surface area (TPSA) is 57.9 Å². The lowest BCUT2D eigenvalue weighted by Crippen LogP contribution is -2.00. The van der Waals surface area contributed by atoms with Crippen molar-refractivity contribution in [2.24, 2.45) is 0 Å². The van der Waals surface area contributed by atoms with E-state index in [-0.39, 0.29) is 5.69 Å². The van der Waals surface area contributed by atoms with Crippen molar-refractivity contribution in [3.63, 3.8) is 0 Å². The predicted octanol–water partition coefficient (Wildman–Crippen LogP) is 2.34. The molecule has 1 aromatic carbocycles. The van der Waals surface area contributed by atoms with Crippen LogP contribution in [-0.4, -0.2) is 17.1 Å². The zero-order chi connectivity index (χ0) is 11.7. The highest BCUT2D eigenvalue weighted by molar-refractivity contribution is 6.30. The number of ether oxygens (including phenoxy) is 1. The van der Waals surface area contributed by atoms with Gasteiger partial charge in [0.05, 0.1) is 12.8 Å². The minimum absolute atomic E-state index is 0.241. The number of methoxy groups -OCH3 is 1. The smallest absolute Gasteiger partial charge is 0.323 e. The van der Waals surface area contributed by atoms with E-state index in [1.165, 1.54) is 0 Å². The standard InChI is InChI=1S/C11H11ClN2O2/c1-6-10(14-11(15)13-6)8-5-7(12)3-4-9(8)16-2/h3-5H,1-2H3,(H2,13,14,15). The number of hydrogen-bond donors (Lipinski definition) is 2. The Morgan fingerprint density at radius 1 is 1.31 bits per heavy atom. The number of nitrogens with one attached hydrogen (secondary N) is 2. The summed E-state index contributed by atoms with van der Waals surface area (Å²) < 4.78 is 5.22. The van der Waals surface area contributed by atoms with Gasteiger partial charge in [-0.1, -0.05) is 11.6 Å². The van der Waals surface area contributed by atoms with Crippen LogP contribution in [0.1, 0.15) is 5.69 Å². The zero-order valence-electron chi connectivity index (χ0n) is 8.93. The van der Waals surface area contributed by atoms with Crippen molar-refractivity contribution in [3.8, 4) is 17.0 Å². The van der Waals surface area contributed by atoms with Crippen molar-refractivity contribution < 1.29 is 4.74 Å². The van der Waals surface area contributed by atoms with Crippen molar-refractivity contribution in [1.29, 1.82) is 0 Å². The van der Waals surface area contributed by atoms with Crippen LogP contribution in [-0.2, 0) is 0 Å². The molecule has 0 fully saturated rings. The van der Waals surface area contributed by atoms with E-state index in [0.29, 0.717) is 16.5 Å². The monoisotopic (exact) mass is 238 g/mol. The molecule has 1 aromatic heterocycles. The summed E-state index contributed by atoms with van der Waals surface area (Å²) in [4.78, 5) is 16.6. The van der Waals surface area contributed by atoms with Crippen LogP contribution in [0.3, 0.4) is 0 Å². The lowest BCUT2D eigenvalue weighted by atomic mass is 10.1. The van der Waals surface area contributed by atoms with E-state index in [1.807, 2.05) is 6.92 Å². The SMILES string of the molecule is COc1ccc(Cl)cc1-c1[nH]c(=O)[nH]c1C. The summed E-state index contributed by atoms with van der Waals surface area (Å²) in [7, 11) is 1.58. The Hall–Kier alpha value is -1.68. The summed E-state index contributed by atoms with van der Waals surface area (Å²) in [5, 5.41) is 0.595. The third kappa shape index (κ3) is 1.84. The second-order valence-corrected chi connectivity index (χ2v) is 3.86. The zero-order valence-corrected chi connectivity index (χ0v) is 9.68. The van der Waals surface area contributed by atoms with Gasteiger partial charge in [0.2, 0.25) is 0 Å². The summed E-state index contributed by atoms with van der Waals surface area (Å²) in [5.41, 5.74) is 1.98. The largest absolute Gasteiger partial charge is 0.496 e. The number of H-pyrrole nitrogens is 2. The number of halogens is 1. The van der Waals surface area contributed by atoms with Gasteiger partial charge in [-0.3, -0.25) is 0 Å². The van der Waals surface area contributed by atoms with E-state index in [1.54, 1.807) is 25.3 Å². The fourth-order valence-corrected chi connectivity index (χ4v) is 1.79. The Morgan fingerprint density at radius 3 is 2.62 bits per heavy atom. The number of hydrogen-bond acceptors (Lipinski definition) is 2. The molecule has 0 atom stereocenters. The summed E-state index contributed by atoms with van der Waals surface area (Å²) in [5.74, 6) is 0.669. The first-order valence-corrected chi connectivity index (χ1v) is 5.12. The number of imidazole rings is 1. The van der Waals surface area contributed by atoms with E-state index >= 15 is 0 Å². The minimum Gasteiger partial charge on any atom is -0.496 e. The summed E-state index contributed by atoms with van der Waals surface area (Å²) >= 11 is 5.93. The van der Waals surface area contributed by atoms with E-state index < -0.39 is 0 Å². The number of aromatic nitrogens is 2. The van der Waals surface area contributed by atoms with Crippen molar-refractivity contribution in [2.45, 2.75) is 6.92 Å². The molecule has 2 rings (SSSR count). The van der Waals surface area contributed by atoms with E-state index in [9.17, 15) is 4.79 Å². The maximum absolute atomic E-state index is 11.2. The molecule has 2 aromatic rings. The van der Waals surface area contributed by atoms with Crippen molar-refractivity contribution >= 4 is 11.6 Å². The molecule has 0 amide bonds. The Bertz CT molecular complexity index is 572. The second kappa shape index (κ2) is 4.06. The van der Waals surface area contributed by atoms with Crippen LogP contribution in [0.5, 0.6) is 5.75 Å². The Labute approximate surface area is 97.2 Å². The van der Waals surface area contributed by atoms with Crippen LogP contribution >= 0.6 is 11.6 Å². The van der Waals surface area contributed by atoms with Gasteiger partial charge >= 0.3 is 5.69 Å². The highest BCUT2D eigenvalue weighted by Crippen LogP contribution is 2.31. The van der Waals surface area contributed by atoms with Gasteiger partial charge in [-0.2, -0.15) is 0 Å². The minimum atomic E-state index is -0.241. The van der Waals surface area contributed by atoms with E-state index in [2.05, 4.69) is 9.97 Å². The summed E-state index contributed by atoms with van der Waals surface area (Å²) in [6, 6.07) is 5.26. The van der Waals surface area contributed by atoms with Gasteiger partial charge in [-0.25, -0.2) is 4.79 Å². The van der Waals surface area contributed by atoms with Gasteiger partial charge in [-0.15, -0.1) is 0 Å². The van der Waals surface area contributed by atoms with E-state index in [0.717, 1.165) is 11.3 Å². The molecule has 4 nitrogen and oxygen atoms in total. The van der Waals surface area contributed by atoms with Crippen molar-refractivity contribution in [1.82, 2.24) is 9.97 Å². The lowest BCUT2D eigenvalue weighted by Gasteiger charge is -2.07. The van der Waals surface area contributed by atoms with Crippen LogP contribution in [0.25, 0.3) is 11.3 Å². The van der Waals surface area contributed by atoms with Crippen molar-refractivity contribution in [2.75, 3.05) is 7.11 Å². The first-order valence-electron chi connectivity index (χ1n) is 4.74. The van der Waals surface area contributed by atoms with Gasteiger partial charge in [0, 0.05) is 16.3 Å². The molecule has 1 heterocycles. The Kier molecular flexibility index (Phi) is 2.75. The molecule has 0 radical (unpaired) electrons. The molecule has 0 unspecified atom stereocenters. The molecule has 0 saturated carbocycles. The van der Waals surface area contributed by atoms with Crippen LogP contribution in [0, 0.1) is 6.92 Å². The van der Waals surface area contributed by atoms with Crippen LogP contribution in [0.15, 0.2) is 23.0 Å². The van der Waals surface area contributed by atoms with Crippen LogP contribution < -0.4 is 10.4 Å². The molecule has 0 aliphatic carbocycles. The molecule has 2 N–H and O–H groups in total. The first-order chi connectivity index (χ1) is 7.61. The maximum Gasteiger partial charge on any atom is 0.323 e. The molecular formula is C11H11ClN2O2. The van der Waals surface area contributed by atoms with E-state index in [4.69, 9.17) is 16.3 Å². The highest BCUT2D eigenvalue weighted by Gasteiger charge is 2.11. The molecule has 16 heavy (non-hydrogen) atoms. The van der Waals surface area contributed by atoms with Crippen LogP contribution in [0.2, 0.25) is 5.02 Å². The second-order valence-electron chi connectivity index (χ2n) is 3.42. The van der Waals surface area contributed by atoms with Gasteiger partial charge in [0.15, 0.2) is 0 Å². The Balaban J connectivity index is 2.67. The quantitative estimate of drug-likeness (QED) is 0.844. The summed E-state index contributed by atoms with van der Waals surface area (Å²) in [6.07, 6.45) is 0. The molecule has 0 bridgehead atoms. The Morgan fingerprint density at radius 2 is 2.06 bits per heavy atom. The van der Waals surface area contributed by atoms with Crippen LogP contribution in [0.4, 0.5) is 0 Å². The maximum atomic E-state index is 11.2. The third-order valence-corrected chi connectivity index (χ3v) is 2.58. The molecule has 0 aliphatic rings. The fraction of sp³-hybridized carbons (Fsp3) is 0.182. The van der Waals surface area contributed by atoms with Gasteiger partial charge < -0.3 is 14.7 Å².